The Balaban J connectivity index is 2.37. The second-order valence-electron chi connectivity index (χ2n) is 4.56. The molecule has 0 radical (unpaired) electrons. The van der Waals surface area contributed by atoms with Crippen LogP contribution in [-0.4, -0.2) is 7.05 Å². The fourth-order valence-corrected chi connectivity index (χ4v) is 2.54. The number of halogens is 5. The molecule has 0 amide bonds. The van der Waals surface area contributed by atoms with Gasteiger partial charge in [0.15, 0.2) is 0 Å². The highest BCUT2D eigenvalue weighted by atomic mass is 79.9. The van der Waals surface area contributed by atoms with Crippen molar-refractivity contribution in [3.63, 3.8) is 0 Å². The molecule has 0 heterocycles. The normalized spacial score (nSPS) is 12.5. The van der Waals surface area contributed by atoms with E-state index in [9.17, 15) is 17.6 Å². The molecule has 0 bridgehead atoms. The standard InChI is InChI=1S/C15H12BrF4N/c1-21-14(4-8-2-3-10(17)7-11(8)18)15-12(19)5-9(16)6-13(15)20/h2-3,5-7,14,21H,4H2,1H3. The van der Waals surface area contributed by atoms with Crippen molar-refractivity contribution in [2.75, 3.05) is 7.05 Å². The molecule has 21 heavy (non-hydrogen) atoms. The van der Waals surface area contributed by atoms with Crippen molar-refractivity contribution in [2.45, 2.75) is 12.5 Å². The zero-order valence-corrected chi connectivity index (χ0v) is 12.6. The third kappa shape index (κ3) is 3.63. The van der Waals surface area contributed by atoms with E-state index in [4.69, 9.17) is 0 Å². The molecule has 0 saturated carbocycles. The molecule has 0 aliphatic heterocycles. The Morgan fingerprint density at radius 3 is 2.14 bits per heavy atom. The number of hydrogen-bond donors (Lipinski definition) is 1. The number of rotatable bonds is 4. The lowest BCUT2D eigenvalue weighted by Crippen LogP contribution is -2.22. The lowest BCUT2D eigenvalue weighted by molar-refractivity contribution is 0.479. The molecule has 0 saturated heterocycles. The van der Waals surface area contributed by atoms with E-state index in [0.717, 1.165) is 24.3 Å². The van der Waals surface area contributed by atoms with Crippen LogP contribution in [0.15, 0.2) is 34.8 Å². The van der Waals surface area contributed by atoms with Crippen molar-refractivity contribution in [2.24, 2.45) is 0 Å². The molecule has 2 aromatic carbocycles. The summed E-state index contributed by atoms with van der Waals surface area (Å²) in [5.74, 6) is -2.90. The lowest BCUT2D eigenvalue weighted by Gasteiger charge is -2.19. The lowest BCUT2D eigenvalue weighted by atomic mass is 9.97. The Kier molecular flexibility index (Phi) is 5.00. The fourth-order valence-electron chi connectivity index (χ4n) is 2.14. The molecule has 2 rings (SSSR count). The van der Waals surface area contributed by atoms with Crippen LogP contribution in [0.25, 0.3) is 0 Å². The Bertz CT molecular complexity index is 637. The molecule has 2 aromatic rings. The van der Waals surface area contributed by atoms with Gasteiger partial charge in [0.2, 0.25) is 0 Å². The molecule has 1 unspecified atom stereocenters. The summed E-state index contributed by atoms with van der Waals surface area (Å²) >= 11 is 3.00. The van der Waals surface area contributed by atoms with Crippen molar-refractivity contribution in [1.29, 1.82) is 0 Å². The second kappa shape index (κ2) is 6.58. The van der Waals surface area contributed by atoms with Gasteiger partial charge < -0.3 is 5.32 Å². The molecular weight excluding hydrogens is 350 g/mol. The summed E-state index contributed by atoms with van der Waals surface area (Å²) in [7, 11) is 1.52. The van der Waals surface area contributed by atoms with Gasteiger partial charge in [0.05, 0.1) is 0 Å². The van der Waals surface area contributed by atoms with E-state index < -0.39 is 29.3 Å². The van der Waals surface area contributed by atoms with E-state index in [1.54, 1.807) is 0 Å². The SMILES string of the molecule is CNC(Cc1ccc(F)cc1F)c1c(F)cc(Br)cc1F. The van der Waals surface area contributed by atoms with Crippen molar-refractivity contribution in [3.8, 4) is 0 Å². The fraction of sp³-hybridized carbons (Fsp3) is 0.200. The van der Waals surface area contributed by atoms with Crippen molar-refractivity contribution in [1.82, 2.24) is 5.32 Å². The van der Waals surface area contributed by atoms with Crippen LogP contribution in [0.5, 0.6) is 0 Å². The number of nitrogens with one attached hydrogen (secondary N) is 1. The Hall–Kier alpha value is -1.40. The van der Waals surface area contributed by atoms with Gasteiger partial charge in [0.1, 0.15) is 23.3 Å². The molecule has 0 aliphatic rings. The molecule has 0 spiro atoms. The van der Waals surface area contributed by atoms with Crippen LogP contribution in [0.4, 0.5) is 17.6 Å². The zero-order chi connectivity index (χ0) is 15.6. The number of hydrogen-bond acceptors (Lipinski definition) is 1. The average molecular weight is 362 g/mol. The zero-order valence-electron chi connectivity index (χ0n) is 11.1. The van der Waals surface area contributed by atoms with Gasteiger partial charge in [-0.2, -0.15) is 0 Å². The van der Waals surface area contributed by atoms with Gasteiger partial charge >= 0.3 is 0 Å². The third-order valence-corrected chi connectivity index (χ3v) is 3.64. The predicted octanol–water partition coefficient (Wildman–Crippen LogP) is 4.51. The Morgan fingerprint density at radius 2 is 1.62 bits per heavy atom. The van der Waals surface area contributed by atoms with Gasteiger partial charge in [-0.3, -0.25) is 0 Å². The highest BCUT2D eigenvalue weighted by molar-refractivity contribution is 9.10. The Labute approximate surface area is 128 Å². The second-order valence-corrected chi connectivity index (χ2v) is 5.48. The maximum absolute atomic E-state index is 14.0. The van der Waals surface area contributed by atoms with E-state index in [2.05, 4.69) is 21.2 Å². The van der Waals surface area contributed by atoms with Crippen LogP contribution in [0.2, 0.25) is 0 Å². The van der Waals surface area contributed by atoms with Gasteiger partial charge in [-0.25, -0.2) is 17.6 Å². The highest BCUT2D eigenvalue weighted by Crippen LogP contribution is 2.27. The summed E-state index contributed by atoms with van der Waals surface area (Å²) in [5, 5.41) is 2.75. The molecule has 112 valence electrons. The summed E-state index contributed by atoms with van der Waals surface area (Å²) in [4.78, 5) is 0. The van der Waals surface area contributed by atoms with Crippen LogP contribution < -0.4 is 5.32 Å². The van der Waals surface area contributed by atoms with Crippen LogP contribution in [0.3, 0.4) is 0 Å². The number of likely N-dealkylation sites (N-methyl/N-ethyl adjacent to an activating group) is 1. The van der Waals surface area contributed by atoms with Gasteiger partial charge in [0.25, 0.3) is 0 Å². The maximum Gasteiger partial charge on any atom is 0.132 e. The topological polar surface area (TPSA) is 12.0 Å². The molecular formula is C15H12BrF4N. The molecule has 0 aromatic heterocycles. The van der Waals surface area contributed by atoms with Crippen LogP contribution in [0.1, 0.15) is 17.2 Å². The van der Waals surface area contributed by atoms with Gasteiger partial charge in [0, 0.05) is 22.1 Å². The molecule has 0 fully saturated rings. The largest absolute Gasteiger partial charge is 0.313 e. The van der Waals surface area contributed by atoms with Gasteiger partial charge in [-0.15, -0.1) is 0 Å². The minimum atomic E-state index is -0.766. The van der Waals surface area contributed by atoms with E-state index in [0.29, 0.717) is 0 Å². The first-order valence-corrected chi connectivity index (χ1v) is 6.97. The van der Waals surface area contributed by atoms with E-state index in [-0.39, 0.29) is 22.0 Å². The summed E-state index contributed by atoms with van der Waals surface area (Å²) < 4.78 is 54.7. The molecule has 0 aliphatic carbocycles. The molecule has 1 N–H and O–H groups in total. The van der Waals surface area contributed by atoms with E-state index in [1.807, 2.05) is 0 Å². The van der Waals surface area contributed by atoms with Crippen molar-refractivity contribution in [3.05, 3.63) is 69.2 Å². The predicted molar refractivity (Wildman–Crippen MR) is 75.9 cm³/mol. The highest BCUT2D eigenvalue weighted by Gasteiger charge is 2.21. The minimum Gasteiger partial charge on any atom is -0.313 e. The van der Waals surface area contributed by atoms with E-state index in [1.165, 1.54) is 13.1 Å². The van der Waals surface area contributed by atoms with Crippen molar-refractivity contribution >= 4 is 15.9 Å². The third-order valence-electron chi connectivity index (χ3n) is 3.18. The van der Waals surface area contributed by atoms with Crippen LogP contribution >= 0.6 is 15.9 Å². The van der Waals surface area contributed by atoms with Gasteiger partial charge in [-0.1, -0.05) is 22.0 Å². The quantitative estimate of drug-likeness (QED) is 0.790. The first-order chi connectivity index (χ1) is 9.92. The summed E-state index contributed by atoms with van der Waals surface area (Å²) in [6.07, 6.45) is -0.00190. The van der Waals surface area contributed by atoms with Crippen molar-refractivity contribution < 1.29 is 17.6 Å². The summed E-state index contributed by atoms with van der Waals surface area (Å²) in [6.45, 7) is 0. The first-order valence-electron chi connectivity index (χ1n) is 6.18. The van der Waals surface area contributed by atoms with Crippen LogP contribution in [-0.2, 0) is 6.42 Å². The monoisotopic (exact) mass is 361 g/mol. The molecule has 6 heteroatoms. The van der Waals surface area contributed by atoms with Crippen LogP contribution in [0, 0.1) is 23.3 Å². The smallest absolute Gasteiger partial charge is 0.132 e. The summed E-state index contributed by atoms with van der Waals surface area (Å²) in [6, 6.07) is 4.64. The summed E-state index contributed by atoms with van der Waals surface area (Å²) in [5.41, 5.74) is 0.00175. The minimum absolute atomic E-state index is 0.00190. The molecule has 1 nitrogen and oxygen atoms in total. The number of benzene rings is 2. The van der Waals surface area contributed by atoms with E-state index >= 15 is 0 Å². The van der Waals surface area contributed by atoms with Gasteiger partial charge in [-0.05, 0) is 37.2 Å². The molecule has 1 atom stereocenters. The maximum atomic E-state index is 14.0. The Morgan fingerprint density at radius 1 is 1.00 bits per heavy atom. The first kappa shape index (κ1) is 16.0. The average Bonchev–Trinajstić information content (AvgIpc) is 2.39.